The van der Waals surface area contributed by atoms with Crippen LogP contribution in [0.1, 0.15) is 0 Å². The van der Waals surface area contributed by atoms with Crippen LogP contribution in [0.5, 0.6) is 0 Å². The van der Waals surface area contributed by atoms with E-state index in [0.717, 1.165) is 0 Å². The van der Waals surface area contributed by atoms with Crippen LogP contribution in [0, 0.1) is 5.92 Å². The zero-order chi connectivity index (χ0) is 8.01. The monoisotopic (exact) mass is 154 g/mol. The predicted molar refractivity (Wildman–Crippen MR) is 38.5 cm³/mol. The fourth-order valence-electron chi connectivity index (χ4n) is 1.69. The van der Waals surface area contributed by atoms with Gasteiger partial charge in [0.05, 0.1) is 18.1 Å². The van der Waals surface area contributed by atoms with Gasteiger partial charge in [-0.25, -0.2) is 0 Å². The predicted octanol–water partition coefficient (Wildman–Crippen LogP) is -1.25. The van der Waals surface area contributed by atoms with E-state index in [0.29, 0.717) is 0 Å². The van der Waals surface area contributed by atoms with Gasteiger partial charge < -0.3 is 16.2 Å². The van der Waals surface area contributed by atoms with E-state index < -0.39 is 0 Å². The molecule has 2 rings (SSSR count). The maximum Gasteiger partial charge on any atom is 0.225 e. The van der Waals surface area contributed by atoms with E-state index in [4.69, 9.17) is 16.2 Å². The summed E-state index contributed by atoms with van der Waals surface area (Å²) in [6.07, 6.45) is 3.46. The molecule has 2 aliphatic heterocycles. The molecule has 0 unspecified atom stereocenters. The molecule has 2 heterocycles. The lowest BCUT2D eigenvalue weighted by Crippen LogP contribution is -2.44. The van der Waals surface area contributed by atoms with Gasteiger partial charge in [-0.2, -0.15) is 0 Å². The fourth-order valence-corrected chi connectivity index (χ4v) is 1.69. The Kier molecular flexibility index (Phi) is 1.27. The first kappa shape index (κ1) is 6.82. The molecule has 1 saturated heterocycles. The second-order valence-corrected chi connectivity index (χ2v) is 2.96. The number of fused-ring (bicyclic) bond motifs is 2. The molecule has 0 aliphatic carbocycles. The van der Waals surface area contributed by atoms with Crippen molar-refractivity contribution < 1.29 is 9.53 Å². The van der Waals surface area contributed by atoms with Crippen molar-refractivity contribution in [2.24, 2.45) is 17.4 Å². The van der Waals surface area contributed by atoms with E-state index in [1.54, 1.807) is 0 Å². The molecule has 0 radical (unpaired) electrons. The zero-order valence-electron chi connectivity index (χ0n) is 5.94. The Morgan fingerprint density at radius 1 is 1.36 bits per heavy atom. The normalized spacial score (nSPS) is 46.6. The lowest BCUT2D eigenvalue weighted by atomic mass is 9.89. The summed E-state index contributed by atoms with van der Waals surface area (Å²) in [5.41, 5.74) is 10.8. The van der Waals surface area contributed by atoms with Gasteiger partial charge in [-0.05, 0) is 0 Å². The molecule has 0 aromatic rings. The third-order valence-electron chi connectivity index (χ3n) is 2.28. The van der Waals surface area contributed by atoms with Gasteiger partial charge in [0, 0.05) is 6.04 Å². The van der Waals surface area contributed by atoms with Gasteiger partial charge in [0.2, 0.25) is 5.91 Å². The third kappa shape index (κ3) is 0.797. The van der Waals surface area contributed by atoms with Gasteiger partial charge in [-0.3, -0.25) is 4.79 Å². The summed E-state index contributed by atoms with van der Waals surface area (Å²) in [5, 5.41) is 0. The number of ether oxygens (including phenoxy) is 1. The van der Waals surface area contributed by atoms with Crippen molar-refractivity contribution in [3.05, 3.63) is 12.2 Å². The molecule has 0 aromatic carbocycles. The largest absolute Gasteiger partial charge is 0.369 e. The molecule has 4 atom stereocenters. The summed E-state index contributed by atoms with van der Waals surface area (Å²) < 4.78 is 5.32. The van der Waals surface area contributed by atoms with Crippen molar-refractivity contribution in [3.63, 3.8) is 0 Å². The van der Waals surface area contributed by atoms with E-state index in [2.05, 4.69) is 0 Å². The molecule has 0 saturated carbocycles. The highest BCUT2D eigenvalue weighted by Crippen LogP contribution is 2.32. The van der Waals surface area contributed by atoms with Gasteiger partial charge in [0.15, 0.2) is 0 Å². The van der Waals surface area contributed by atoms with Crippen molar-refractivity contribution in [1.29, 1.82) is 0 Å². The van der Waals surface area contributed by atoms with Crippen LogP contribution in [-0.2, 0) is 9.53 Å². The van der Waals surface area contributed by atoms with Gasteiger partial charge in [0.25, 0.3) is 0 Å². The van der Waals surface area contributed by atoms with Crippen LogP contribution in [0.3, 0.4) is 0 Å². The Morgan fingerprint density at radius 2 is 2.00 bits per heavy atom. The Labute approximate surface area is 64.2 Å². The summed E-state index contributed by atoms with van der Waals surface area (Å²) in [6.45, 7) is 0. The van der Waals surface area contributed by atoms with Crippen LogP contribution in [-0.4, -0.2) is 24.2 Å². The molecule has 2 aliphatic rings. The van der Waals surface area contributed by atoms with Gasteiger partial charge in [0.1, 0.15) is 0 Å². The lowest BCUT2D eigenvalue weighted by molar-refractivity contribution is -0.122. The number of hydrogen-bond acceptors (Lipinski definition) is 3. The molecule has 4 heteroatoms. The standard InChI is InChI=1S/C7H10N2O2/c8-6-4-2-1-3(11-4)5(6)7(9)10/h1-6H,8H2,(H2,9,10)/t3-,4-,5-,6-/m0/s1. The molecule has 60 valence electrons. The third-order valence-corrected chi connectivity index (χ3v) is 2.28. The van der Waals surface area contributed by atoms with Crippen molar-refractivity contribution in [2.75, 3.05) is 0 Å². The minimum absolute atomic E-state index is 0.0995. The van der Waals surface area contributed by atoms with Crippen molar-refractivity contribution in [2.45, 2.75) is 18.2 Å². The molecule has 1 amide bonds. The van der Waals surface area contributed by atoms with Crippen LogP contribution in [0.25, 0.3) is 0 Å². The highest BCUT2D eigenvalue weighted by Gasteiger charge is 2.46. The van der Waals surface area contributed by atoms with Crippen LogP contribution >= 0.6 is 0 Å². The van der Waals surface area contributed by atoms with Crippen LogP contribution in [0.15, 0.2) is 12.2 Å². The molecule has 11 heavy (non-hydrogen) atoms. The van der Waals surface area contributed by atoms with Gasteiger partial charge in [-0.15, -0.1) is 0 Å². The number of nitrogens with two attached hydrogens (primary N) is 2. The van der Waals surface area contributed by atoms with E-state index >= 15 is 0 Å². The van der Waals surface area contributed by atoms with E-state index in [-0.39, 0.29) is 30.1 Å². The van der Waals surface area contributed by atoms with E-state index in [1.165, 1.54) is 0 Å². The molecule has 0 spiro atoms. The van der Waals surface area contributed by atoms with Crippen molar-refractivity contribution in [1.82, 2.24) is 0 Å². The van der Waals surface area contributed by atoms with Crippen LogP contribution in [0.2, 0.25) is 0 Å². The smallest absolute Gasteiger partial charge is 0.225 e. The summed E-state index contributed by atoms with van der Waals surface area (Å²) in [6, 6.07) is -0.248. The molecule has 1 fully saturated rings. The first-order valence-electron chi connectivity index (χ1n) is 3.59. The van der Waals surface area contributed by atoms with E-state index in [9.17, 15) is 4.79 Å². The quantitative estimate of drug-likeness (QED) is 0.463. The molecule has 0 aromatic heterocycles. The Balaban J connectivity index is 2.25. The minimum Gasteiger partial charge on any atom is -0.369 e. The first-order valence-corrected chi connectivity index (χ1v) is 3.59. The minimum atomic E-state index is -0.366. The molecular weight excluding hydrogens is 144 g/mol. The zero-order valence-corrected chi connectivity index (χ0v) is 5.94. The summed E-state index contributed by atoms with van der Waals surface area (Å²) >= 11 is 0. The first-order chi connectivity index (χ1) is 5.20. The average Bonchev–Trinajstić information content (AvgIpc) is 2.44. The van der Waals surface area contributed by atoms with Gasteiger partial charge in [-0.1, -0.05) is 12.2 Å². The van der Waals surface area contributed by atoms with Crippen LogP contribution < -0.4 is 11.5 Å². The van der Waals surface area contributed by atoms with Crippen molar-refractivity contribution >= 4 is 5.91 Å². The van der Waals surface area contributed by atoms with Crippen LogP contribution in [0.4, 0.5) is 0 Å². The topological polar surface area (TPSA) is 78.3 Å². The Bertz CT molecular complexity index is 226. The average molecular weight is 154 g/mol. The maximum atomic E-state index is 10.8. The summed E-state index contributed by atoms with van der Waals surface area (Å²) in [7, 11) is 0. The number of carbonyl (C=O) groups is 1. The fraction of sp³-hybridized carbons (Fsp3) is 0.571. The molecular formula is C7H10N2O2. The Hall–Kier alpha value is -0.870. The number of hydrogen-bond donors (Lipinski definition) is 2. The Morgan fingerprint density at radius 3 is 2.36 bits per heavy atom. The molecule has 2 bridgehead atoms. The molecule has 4 nitrogen and oxygen atoms in total. The number of amides is 1. The van der Waals surface area contributed by atoms with Gasteiger partial charge >= 0.3 is 0 Å². The summed E-state index contributed by atoms with van der Waals surface area (Å²) in [4.78, 5) is 10.8. The highest BCUT2D eigenvalue weighted by molar-refractivity contribution is 5.79. The van der Waals surface area contributed by atoms with E-state index in [1.807, 2.05) is 12.2 Å². The SMILES string of the molecule is NC(=O)[C@@H]1[C@@H](N)[C@@H]2C=C[C@@H]1O2. The maximum absolute atomic E-state index is 10.8. The summed E-state index contributed by atoms with van der Waals surface area (Å²) in [5.74, 6) is -0.695. The molecule has 4 N–H and O–H groups in total. The number of rotatable bonds is 1. The number of carbonyl (C=O) groups excluding carboxylic acids is 1. The highest BCUT2D eigenvalue weighted by atomic mass is 16.5. The lowest BCUT2D eigenvalue weighted by Gasteiger charge is -2.17. The van der Waals surface area contributed by atoms with Crippen molar-refractivity contribution in [3.8, 4) is 0 Å². The number of primary amides is 1. The second kappa shape index (κ2) is 2.06. The second-order valence-electron chi connectivity index (χ2n) is 2.96.